The van der Waals surface area contributed by atoms with Crippen molar-refractivity contribution in [1.29, 1.82) is 0 Å². The molecule has 0 bridgehead atoms. The summed E-state index contributed by atoms with van der Waals surface area (Å²) in [7, 11) is 4.00. The van der Waals surface area contributed by atoms with Crippen LogP contribution >= 0.6 is 0 Å². The lowest BCUT2D eigenvalue weighted by Gasteiger charge is -2.35. The van der Waals surface area contributed by atoms with Crippen LogP contribution in [0.3, 0.4) is 0 Å². The van der Waals surface area contributed by atoms with Crippen molar-refractivity contribution in [2.24, 2.45) is 11.8 Å². The molecule has 0 aromatic heterocycles. The van der Waals surface area contributed by atoms with Crippen LogP contribution in [0.4, 0.5) is 11.4 Å². The third-order valence-electron chi connectivity index (χ3n) is 5.58. The summed E-state index contributed by atoms with van der Waals surface area (Å²) in [6, 6.07) is 6.08. The summed E-state index contributed by atoms with van der Waals surface area (Å²) in [6.07, 6.45) is 2.14. The lowest BCUT2D eigenvalue weighted by molar-refractivity contribution is -0.139. The highest BCUT2D eigenvalue weighted by atomic mass is 16.2. The highest BCUT2D eigenvalue weighted by Gasteiger charge is 2.28. The van der Waals surface area contributed by atoms with E-state index in [1.165, 1.54) is 0 Å². The van der Waals surface area contributed by atoms with Crippen molar-refractivity contribution in [3.05, 3.63) is 23.8 Å². The number of rotatable bonds is 10. The highest BCUT2D eigenvalue weighted by molar-refractivity contribution is 5.91. The number of amides is 2. The van der Waals surface area contributed by atoms with Gasteiger partial charge in [0.1, 0.15) is 0 Å². The Balaban J connectivity index is 3.32. The van der Waals surface area contributed by atoms with Crippen LogP contribution in [0.15, 0.2) is 18.2 Å². The van der Waals surface area contributed by atoms with Crippen molar-refractivity contribution in [2.75, 3.05) is 24.3 Å². The van der Waals surface area contributed by atoms with Gasteiger partial charge in [0.2, 0.25) is 11.8 Å². The minimum absolute atomic E-state index is 0.0101. The Kier molecular flexibility index (Phi) is 9.50. The van der Waals surface area contributed by atoms with E-state index in [1.807, 2.05) is 44.1 Å². The minimum atomic E-state index is -0.0101. The maximum absolute atomic E-state index is 13.3. The molecule has 28 heavy (non-hydrogen) atoms. The van der Waals surface area contributed by atoms with Gasteiger partial charge in [-0.3, -0.25) is 9.59 Å². The first-order valence-corrected chi connectivity index (χ1v) is 10.6. The number of hydrogen-bond acceptors (Lipinski definition) is 3. The first-order valence-electron chi connectivity index (χ1n) is 10.6. The van der Waals surface area contributed by atoms with Crippen molar-refractivity contribution in [2.45, 2.75) is 73.4 Å². The average molecular weight is 390 g/mol. The molecule has 0 unspecified atom stereocenters. The number of hydrogen-bond donors (Lipinski definition) is 1. The van der Waals surface area contributed by atoms with Gasteiger partial charge in [-0.15, -0.1) is 0 Å². The summed E-state index contributed by atoms with van der Waals surface area (Å²) in [5.41, 5.74) is 2.89. The summed E-state index contributed by atoms with van der Waals surface area (Å²) < 4.78 is 0. The molecule has 0 saturated heterocycles. The van der Waals surface area contributed by atoms with Crippen LogP contribution in [0, 0.1) is 11.8 Å². The topological polar surface area (TPSA) is 52.7 Å². The van der Waals surface area contributed by atoms with Crippen LogP contribution in [0.5, 0.6) is 0 Å². The van der Waals surface area contributed by atoms with Crippen LogP contribution in [-0.4, -0.2) is 36.9 Å². The fourth-order valence-electron chi connectivity index (χ4n) is 3.31. The zero-order valence-electron chi connectivity index (χ0n) is 19.0. The fourth-order valence-corrected chi connectivity index (χ4v) is 3.31. The second-order valence-electron chi connectivity index (χ2n) is 8.10. The number of benzene rings is 1. The van der Waals surface area contributed by atoms with Gasteiger partial charge in [0, 0.05) is 50.4 Å². The molecule has 0 heterocycles. The van der Waals surface area contributed by atoms with Gasteiger partial charge in [-0.05, 0) is 49.4 Å². The molecule has 0 saturated carbocycles. The summed E-state index contributed by atoms with van der Waals surface area (Å²) in [5.74, 6) is 0.624. The third kappa shape index (κ3) is 6.25. The molecule has 2 amide bonds. The molecule has 0 aliphatic rings. The molecule has 0 aliphatic carbocycles. The minimum Gasteiger partial charge on any atom is -0.377 e. The first-order chi connectivity index (χ1) is 13.2. The number of nitrogens with zero attached hydrogens (tertiary/aromatic N) is 2. The van der Waals surface area contributed by atoms with Crippen molar-refractivity contribution in [3.8, 4) is 0 Å². The quantitative estimate of drug-likeness (QED) is 0.618. The summed E-state index contributed by atoms with van der Waals surface area (Å²) in [4.78, 5) is 29.2. The first kappa shape index (κ1) is 24.0. The van der Waals surface area contributed by atoms with E-state index in [2.05, 4.69) is 44.8 Å². The molecule has 5 heteroatoms. The molecule has 0 spiro atoms. The van der Waals surface area contributed by atoms with Gasteiger partial charge in [-0.2, -0.15) is 0 Å². The normalized spacial score (nSPS) is 12.2. The van der Waals surface area contributed by atoms with Crippen molar-refractivity contribution in [3.63, 3.8) is 0 Å². The van der Waals surface area contributed by atoms with E-state index in [0.29, 0.717) is 18.9 Å². The molecule has 1 atom stereocenters. The lowest BCUT2D eigenvalue weighted by atomic mass is 9.97. The molecule has 0 fully saturated rings. The summed E-state index contributed by atoms with van der Waals surface area (Å²) in [5, 5.41) is 2.94. The Morgan fingerprint density at radius 3 is 2.11 bits per heavy atom. The molecular weight excluding hydrogens is 350 g/mol. The van der Waals surface area contributed by atoms with Crippen molar-refractivity contribution < 1.29 is 9.59 Å². The average Bonchev–Trinajstić information content (AvgIpc) is 2.66. The van der Waals surface area contributed by atoms with E-state index < -0.39 is 0 Å². The van der Waals surface area contributed by atoms with Crippen LogP contribution in [0.25, 0.3) is 0 Å². The molecule has 1 aromatic rings. The summed E-state index contributed by atoms with van der Waals surface area (Å²) >= 11 is 0. The molecule has 0 aliphatic heterocycles. The van der Waals surface area contributed by atoms with E-state index in [1.54, 1.807) is 0 Å². The number of carbonyl (C=O) groups is 2. The summed E-state index contributed by atoms with van der Waals surface area (Å²) in [6.45, 7) is 13.0. The second kappa shape index (κ2) is 11.1. The van der Waals surface area contributed by atoms with Crippen molar-refractivity contribution >= 4 is 23.2 Å². The van der Waals surface area contributed by atoms with E-state index in [4.69, 9.17) is 0 Å². The smallest absolute Gasteiger partial charge is 0.226 e. The van der Waals surface area contributed by atoms with Gasteiger partial charge < -0.3 is 15.1 Å². The maximum atomic E-state index is 13.3. The highest BCUT2D eigenvalue weighted by Crippen LogP contribution is 2.28. The van der Waals surface area contributed by atoms with Crippen LogP contribution in [0.2, 0.25) is 0 Å². The standard InChI is InChI=1S/C23H39N3O2/c1-9-18(10-2)23(28)26(17(6)16(4)5)15-19-14-20(24-22(27)11-3)12-13-21(19)25(7)8/h12-14,16-18H,9-11,15H2,1-8H3,(H,24,27)/t17-/m1/s1. The Labute approximate surface area is 171 Å². The van der Waals surface area contributed by atoms with E-state index in [-0.39, 0.29) is 23.8 Å². The molecule has 1 aromatic carbocycles. The molecule has 5 nitrogen and oxygen atoms in total. The molecule has 158 valence electrons. The molecule has 1 rings (SSSR count). The van der Waals surface area contributed by atoms with Crippen LogP contribution in [-0.2, 0) is 16.1 Å². The van der Waals surface area contributed by atoms with Gasteiger partial charge in [-0.1, -0.05) is 34.6 Å². The molecule has 1 N–H and O–H groups in total. The van der Waals surface area contributed by atoms with Crippen LogP contribution in [0.1, 0.15) is 66.4 Å². The van der Waals surface area contributed by atoms with Gasteiger partial charge in [0.15, 0.2) is 0 Å². The third-order valence-corrected chi connectivity index (χ3v) is 5.58. The monoisotopic (exact) mass is 389 g/mol. The Hall–Kier alpha value is -2.04. The van der Waals surface area contributed by atoms with E-state index in [0.717, 1.165) is 29.8 Å². The van der Waals surface area contributed by atoms with E-state index >= 15 is 0 Å². The predicted molar refractivity (Wildman–Crippen MR) is 119 cm³/mol. The molecular formula is C23H39N3O2. The van der Waals surface area contributed by atoms with Gasteiger partial charge in [0.05, 0.1) is 0 Å². The molecule has 0 radical (unpaired) electrons. The largest absolute Gasteiger partial charge is 0.377 e. The Morgan fingerprint density at radius 2 is 1.64 bits per heavy atom. The van der Waals surface area contributed by atoms with Crippen LogP contribution < -0.4 is 10.2 Å². The van der Waals surface area contributed by atoms with Gasteiger partial charge in [-0.25, -0.2) is 0 Å². The van der Waals surface area contributed by atoms with Crippen molar-refractivity contribution in [1.82, 2.24) is 4.90 Å². The Morgan fingerprint density at radius 1 is 1.04 bits per heavy atom. The number of nitrogens with one attached hydrogen (secondary N) is 1. The predicted octanol–water partition coefficient (Wildman–Crippen LogP) is 4.91. The second-order valence-corrected chi connectivity index (χ2v) is 8.10. The zero-order chi connectivity index (χ0) is 21.4. The number of carbonyl (C=O) groups excluding carboxylic acids is 2. The van der Waals surface area contributed by atoms with Gasteiger partial charge in [0.25, 0.3) is 0 Å². The Bertz CT molecular complexity index is 651. The SMILES string of the molecule is CCC(=O)Nc1ccc(N(C)C)c(CN(C(=O)C(CC)CC)[C@H](C)C(C)C)c1. The van der Waals surface area contributed by atoms with Gasteiger partial charge >= 0.3 is 0 Å². The van der Waals surface area contributed by atoms with E-state index in [9.17, 15) is 9.59 Å². The maximum Gasteiger partial charge on any atom is 0.226 e. The fraction of sp³-hybridized carbons (Fsp3) is 0.652. The zero-order valence-corrected chi connectivity index (χ0v) is 19.0. The number of anilines is 2. The lowest BCUT2D eigenvalue weighted by Crippen LogP contribution is -2.44.